The lowest BCUT2D eigenvalue weighted by Gasteiger charge is -2.18. The van der Waals surface area contributed by atoms with Crippen LogP contribution in [0, 0.1) is 0 Å². The van der Waals surface area contributed by atoms with E-state index in [1.807, 2.05) is 19.1 Å². The lowest BCUT2D eigenvalue weighted by Crippen LogP contribution is -2.31. The third-order valence-corrected chi connectivity index (χ3v) is 5.56. The van der Waals surface area contributed by atoms with Crippen LogP contribution in [0.2, 0.25) is 0 Å². The molecule has 2 rings (SSSR count). The van der Waals surface area contributed by atoms with E-state index in [0.717, 1.165) is 16.1 Å². The van der Waals surface area contributed by atoms with Crippen LogP contribution >= 0.6 is 0 Å². The number of methoxy groups -OCH3 is 2. The van der Waals surface area contributed by atoms with Crippen LogP contribution in [0.3, 0.4) is 0 Å². The molecule has 0 aromatic heterocycles. The Hall–Kier alpha value is -2.94. The number of anilines is 1. The molecule has 0 bridgehead atoms. The van der Waals surface area contributed by atoms with Crippen LogP contribution in [0.4, 0.5) is 5.69 Å². The fourth-order valence-corrected chi connectivity index (χ4v) is 3.09. The number of ether oxygens (including phenoxy) is 3. The molecule has 1 N–H and O–H groups in total. The van der Waals surface area contributed by atoms with E-state index < -0.39 is 10.0 Å². The van der Waals surface area contributed by atoms with Gasteiger partial charge in [0, 0.05) is 7.05 Å². The van der Waals surface area contributed by atoms with Gasteiger partial charge in [-0.2, -0.15) is 0 Å². The standard InChI is InChI=1S/C20H26N2O6S/c1-14(15-6-11-18(26-3)19(12-15)27-4)21-20(23)13-28-17-9-7-16(8-10-17)22(2)29(5,24)25/h6-12,14H,13H2,1-5H3,(H,21,23)/t14-/m0/s1. The number of benzene rings is 2. The maximum Gasteiger partial charge on any atom is 0.258 e. The van der Waals surface area contributed by atoms with Gasteiger partial charge in [-0.1, -0.05) is 6.07 Å². The summed E-state index contributed by atoms with van der Waals surface area (Å²) in [6.45, 7) is 1.69. The van der Waals surface area contributed by atoms with Crippen LogP contribution in [-0.2, 0) is 14.8 Å². The zero-order chi connectivity index (χ0) is 21.6. The SMILES string of the molecule is COc1ccc([C@H](C)NC(=O)COc2ccc(N(C)S(C)(=O)=O)cc2)cc1OC. The Kier molecular flexibility index (Phi) is 7.33. The van der Waals surface area contributed by atoms with Crippen molar-refractivity contribution in [1.29, 1.82) is 0 Å². The van der Waals surface area contributed by atoms with Crippen molar-refractivity contribution in [2.24, 2.45) is 0 Å². The van der Waals surface area contributed by atoms with E-state index in [1.54, 1.807) is 44.6 Å². The highest BCUT2D eigenvalue weighted by Crippen LogP contribution is 2.29. The first-order valence-electron chi connectivity index (χ1n) is 8.83. The molecule has 2 aromatic rings. The smallest absolute Gasteiger partial charge is 0.258 e. The van der Waals surface area contributed by atoms with Crippen LogP contribution in [0.5, 0.6) is 17.2 Å². The minimum Gasteiger partial charge on any atom is -0.493 e. The summed E-state index contributed by atoms with van der Waals surface area (Å²) in [5, 5.41) is 2.86. The van der Waals surface area contributed by atoms with Crippen molar-refractivity contribution in [3.8, 4) is 17.2 Å². The number of rotatable bonds is 9. The first kappa shape index (κ1) is 22.4. The Morgan fingerprint density at radius 2 is 1.69 bits per heavy atom. The third-order valence-electron chi connectivity index (χ3n) is 4.35. The van der Waals surface area contributed by atoms with Gasteiger partial charge in [0.25, 0.3) is 5.91 Å². The first-order chi connectivity index (χ1) is 13.7. The Bertz CT molecular complexity index is 944. The molecule has 0 fully saturated rings. The van der Waals surface area contributed by atoms with Gasteiger partial charge < -0.3 is 19.5 Å². The zero-order valence-electron chi connectivity index (χ0n) is 17.1. The highest BCUT2D eigenvalue weighted by Gasteiger charge is 2.14. The number of hydrogen-bond donors (Lipinski definition) is 1. The number of carbonyl (C=O) groups excluding carboxylic acids is 1. The van der Waals surface area contributed by atoms with Gasteiger partial charge >= 0.3 is 0 Å². The van der Waals surface area contributed by atoms with E-state index in [0.29, 0.717) is 22.9 Å². The average molecular weight is 423 g/mol. The summed E-state index contributed by atoms with van der Waals surface area (Å²) < 4.78 is 40.2. The number of nitrogens with one attached hydrogen (secondary N) is 1. The molecule has 9 heteroatoms. The molecule has 0 aliphatic carbocycles. The minimum absolute atomic E-state index is 0.168. The van der Waals surface area contributed by atoms with Crippen molar-refractivity contribution in [3.63, 3.8) is 0 Å². The summed E-state index contributed by atoms with van der Waals surface area (Å²) >= 11 is 0. The Morgan fingerprint density at radius 3 is 2.24 bits per heavy atom. The second-order valence-corrected chi connectivity index (χ2v) is 8.43. The van der Waals surface area contributed by atoms with E-state index in [-0.39, 0.29) is 18.6 Å². The van der Waals surface area contributed by atoms with Crippen molar-refractivity contribution >= 4 is 21.6 Å². The maximum absolute atomic E-state index is 12.2. The normalized spacial score (nSPS) is 12.0. The molecule has 2 aromatic carbocycles. The molecule has 1 atom stereocenters. The average Bonchev–Trinajstić information content (AvgIpc) is 2.70. The topological polar surface area (TPSA) is 94.2 Å². The Balaban J connectivity index is 1.93. The zero-order valence-corrected chi connectivity index (χ0v) is 17.9. The summed E-state index contributed by atoms with van der Waals surface area (Å²) in [6, 6.07) is 11.6. The Labute approximate surface area is 171 Å². The van der Waals surface area contributed by atoms with Crippen molar-refractivity contribution < 1.29 is 27.4 Å². The van der Waals surface area contributed by atoms with Crippen LogP contribution in [0.25, 0.3) is 0 Å². The van der Waals surface area contributed by atoms with E-state index in [9.17, 15) is 13.2 Å². The molecule has 1 amide bonds. The van der Waals surface area contributed by atoms with Gasteiger partial charge in [-0.25, -0.2) is 8.42 Å². The predicted molar refractivity (Wildman–Crippen MR) is 111 cm³/mol. The highest BCUT2D eigenvalue weighted by atomic mass is 32.2. The number of hydrogen-bond acceptors (Lipinski definition) is 6. The molecule has 0 heterocycles. The second-order valence-electron chi connectivity index (χ2n) is 6.42. The van der Waals surface area contributed by atoms with Crippen LogP contribution in [0.15, 0.2) is 42.5 Å². The van der Waals surface area contributed by atoms with E-state index >= 15 is 0 Å². The van der Waals surface area contributed by atoms with Gasteiger partial charge in [-0.05, 0) is 48.9 Å². The monoisotopic (exact) mass is 422 g/mol. The third kappa shape index (κ3) is 6.02. The van der Waals surface area contributed by atoms with Gasteiger partial charge in [-0.15, -0.1) is 0 Å². The first-order valence-corrected chi connectivity index (χ1v) is 10.7. The summed E-state index contributed by atoms with van der Waals surface area (Å²) in [7, 11) is 1.25. The molecular weight excluding hydrogens is 396 g/mol. The molecule has 158 valence electrons. The van der Waals surface area contributed by atoms with E-state index in [1.165, 1.54) is 7.05 Å². The van der Waals surface area contributed by atoms with Crippen LogP contribution in [0.1, 0.15) is 18.5 Å². The molecule has 0 saturated carbocycles. The highest BCUT2D eigenvalue weighted by molar-refractivity contribution is 7.92. The molecule has 0 aliphatic rings. The summed E-state index contributed by atoms with van der Waals surface area (Å²) in [4.78, 5) is 12.2. The van der Waals surface area contributed by atoms with Crippen molar-refractivity contribution in [2.45, 2.75) is 13.0 Å². The molecule has 0 radical (unpaired) electrons. The Morgan fingerprint density at radius 1 is 1.07 bits per heavy atom. The summed E-state index contributed by atoms with van der Waals surface area (Å²) in [6.07, 6.45) is 1.13. The number of amides is 1. The van der Waals surface area contributed by atoms with E-state index in [2.05, 4.69) is 5.32 Å². The lowest BCUT2D eigenvalue weighted by molar-refractivity contribution is -0.123. The van der Waals surface area contributed by atoms with Gasteiger partial charge in [0.05, 0.1) is 32.2 Å². The van der Waals surface area contributed by atoms with Gasteiger partial charge in [0.1, 0.15) is 5.75 Å². The number of carbonyl (C=O) groups is 1. The fraction of sp³-hybridized carbons (Fsp3) is 0.350. The molecule has 0 saturated heterocycles. The number of nitrogens with zero attached hydrogens (tertiary/aromatic N) is 1. The molecule has 0 spiro atoms. The predicted octanol–water partition coefficient (Wildman–Crippen LogP) is 2.36. The van der Waals surface area contributed by atoms with Gasteiger partial charge in [0.15, 0.2) is 18.1 Å². The van der Waals surface area contributed by atoms with E-state index in [4.69, 9.17) is 14.2 Å². The summed E-state index contributed by atoms with van der Waals surface area (Å²) in [5.74, 6) is 1.37. The molecule has 29 heavy (non-hydrogen) atoms. The number of sulfonamides is 1. The van der Waals surface area contributed by atoms with Crippen LogP contribution in [-0.4, -0.2) is 48.5 Å². The molecule has 0 unspecified atom stereocenters. The fourth-order valence-electron chi connectivity index (χ4n) is 2.58. The summed E-state index contributed by atoms with van der Waals surface area (Å²) in [5.41, 5.74) is 1.37. The maximum atomic E-state index is 12.2. The second kappa shape index (κ2) is 9.51. The molecule has 0 aliphatic heterocycles. The van der Waals surface area contributed by atoms with Gasteiger partial charge in [0.2, 0.25) is 10.0 Å². The van der Waals surface area contributed by atoms with Crippen molar-refractivity contribution in [3.05, 3.63) is 48.0 Å². The largest absolute Gasteiger partial charge is 0.493 e. The minimum atomic E-state index is -3.33. The van der Waals surface area contributed by atoms with Crippen molar-refractivity contribution in [1.82, 2.24) is 5.32 Å². The van der Waals surface area contributed by atoms with Crippen molar-refractivity contribution in [2.75, 3.05) is 38.4 Å². The lowest BCUT2D eigenvalue weighted by atomic mass is 10.1. The molecule has 8 nitrogen and oxygen atoms in total. The quantitative estimate of drug-likeness (QED) is 0.667. The van der Waals surface area contributed by atoms with Crippen LogP contribution < -0.4 is 23.8 Å². The van der Waals surface area contributed by atoms with Gasteiger partial charge in [-0.3, -0.25) is 9.10 Å². The molecular formula is C20H26N2O6S.